The summed E-state index contributed by atoms with van der Waals surface area (Å²) in [4.78, 5) is 0. The summed E-state index contributed by atoms with van der Waals surface area (Å²) in [6.07, 6.45) is 6.32. The van der Waals surface area contributed by atoms with E-state index in [0.29, 0.717) is 29.4 Å². The van der Waals surface area contributed by atoms with E-state index in [0.717, 1.165) is 0 Å². The van der Waals surface area contributed by atoms with Crippen molar-refractivity contribution in [3.05, 3.63) is 29.3 Å². The molecule has 1 aliphatic carbocycles. The number of nitrogens with two attached hydrogens (primary N) is 1. The predicted octanol–water partition coefficient (Wildman–Crippen LogP) is 3.22. The summed E-state index contributed by atoms with van der Waals surface area (Å²) in [5.41, 5.74) is 6.42. The second-order valence-corrected chi connectivity index (χ2v) is 5.05. The smallest absolute Gasteiger partial charge is 0.137 e. The monoisotopic (exact) mass is 293 g/mol. The van der Waals surface area contributed by atoms with E-state index in [1.54, 1.807) is 18.2 Å². The minimum Gasteiger partial charge on any atom is -0.492 e. The van der Waals surface area contributed by atoms with Gasteiger partial charge in [-0.25, -0.2) is 0 Å². The Balaban J connectivity index is 0.00000200. The molecule has 0 aliphatic heterocycles. The number of hydrogen-bond donors (Lipinski definition) is 2. The fraction of sp³-hybridized carbons (Fsp3) is 0.467. The van der Waals surface area contributed by atoms with Gasteiger partial charge in [0.05, 0.1) is 12.2 Å². The Kier molecular flexibility index (Phi) is 6.33. The standard InChI is InChI=1S/C15H19N3O.ClH/c16-9-13-8-12(15(17)18)6-7-14(13)19-10-11-4-2-1-3-5-11;/h6-8,11H,1-5,10H2,(H3,17,18);1H. The maximum absolute atomic E-state index is 9.12. The topological polar surface area (TPSA) is 82.9 Å². The average Bonchev–Trinajstić information content (AvgIpc) is 2.45. The summed E-state index contributed by atoms with van der Waals surface area (Å²) >= 11 is 0. The molecule has 0 amide bonds. The zero-order chi connectivity index (χ0) is 13.7. The van der Waals surface area contributed by atoms with E-state index in [9.17, 15) is 0 Å². The lowest BCUT2D eigenvalue weighted by Gasteiger charge is -2.22. The summed E-state index contributed by atoms with van der Waals surface area (Å²) in [5, 5.41) is 16.5. The van der Waals surface area contributed by atoms with Crippen molar-refractivity contribution >= 4 is 18.2 Å². The van der Waals surface area contributed by atoms with E-state index in [-0.39, 0.29) is 18.2 Å². The number of amidine groups is 1. The van der Waals surface area contributed by atoms with Gasteiger partial charge >= 0.3 is 0 Å². The van der Waals surface area contributed by atoms with Crippen LogP contribution in [0.15, 0.2) is 18.2 Å². The molecule has 0 bridgehead atoms. The van der Waals surface area contributed by atoms with Crippen molar-refractivity contribution in [1.82, 2.24) is 0 Å². The molecule has 1 aromatic carbocycles. The van der Waals surface area contributed by atoms with Gasteiger partial charge in [0.25, 0.3) is 0 Å². The third-order valence-corrected chi connectivity index (χ3v) is 3.61. The first-order valence-electron chi connectivity index (χ1n) is 6.72. The van der Waals surface area contributed by atoms with Gasteiger partial charge in [-0.1, -0.05) is 19.3 Å². The molecule has 2 rings (SSSR count). The van der Waals surface area contributed by atoms with Crippen LogP contribution in [0, 0.1) is 22.7 Å². The van der Waals surface area contributed by atoms with Crippen LogP contribution in [0.1, 0.15) is 43.2 Å². The Hall–Kier alpha value is -1.73. The third-order valence-electron chi connectivity index (χ3n) is 3.61. The van der Waals surface area contributed by atoms with Crippen LogP contribution in [0.4, 0.5) is 0 Å². The van der Waals surface area contributed by atoms with Crippen LogP contribution in [0.2, 0.25) is 0 Å². The van der Waals surface area contributed by atoms with Crippen LogP contribution in [0.5, 0.6) is 5.75 Å². The van der Waals surface area contributed by atoms with Gasteiger partial charge in [0.1, 0.15) is 17.7 Å². The number of hydrogen-bond acceptors (Lipinski definition) is 3. The molecular formula is C15H20ClN3O. The molecule has 0 spiro atoms. The molecule has 1 saturated carbocycles. The number of benzene rings is 1. The van der Waals surface area contributed by atoms with Crippen LogP contribution in [-0.4, -0.2) is 12.4 Å². The first-order valence-corrected chi connectivity index (χ1v) is 6.72. The molecule has 0 atom stereocenters. The molecule has 1 aromatic rings. The molecule has 108 valence electrons. The normalized spacial score (nSPS) is 14.9. The van der Waals surface area contributed by atoms with Crippen LogP contribution < -0.4 is 10.5 Å². The van der Waals surface area contributed by atoms with Crippen molar-refractivity contribution in [1.29, 1.82) is 10.7 Å². The van der Waals surface area contributed by atoms with E-state index in [1.165, 1.54) is 32.1 Å². The molecule has 0 radical (unpaired) electrons. The van der Waals surface area contributed by atoms with Gasteiger partial charge in [-0.3, -0.25) is 5.41 Å². The lowest BCUT2D eigenvalue weighted by molar-refractivity contribution is 0.208. The summed E-state index contributed by atoms with van der Waals surface area (Å²) in [6.45, 7) is 0.675. The number of nitriles is 1. The van der Waals surface area contributed by atoms with E-state index >= 15 is 0 Å². The van der Waals surface area contributed by atoms with Gasteiger partial charge in [0, 0.05) is 5.56 Å². The molecule has 0 saturated heterocycles. The van der Waals surface area contributed by atoms with Gasteiger partial charge in [-0.2, -0.15) is 5.26 Å². The van der Waals surface area contributed by atoms with Gasteiger partial charge in [0.15, 0.2) is 0 Å². The number of nitrogens with one attached hydrogen (secondary N) is 1. The second kappa shape index (κ2) is 7.76. The minimum atomic E-state index is -0.0321. The summed E-state index contributed by atoms with van der Waals surface area (Å²) in [7, 11) is 0. The largest absolute Gasteiger partial charge is 0.492 e. The van der Waals surface area contributed by atoms with Crippen molar-refractivity contribution in [2.45, 2.75) is 32.1 Å². The van der Waals surface area contributed by atoms with Gasteiger partial charge in [0.2, 0.25) is 0 Å². The molecule has 4 nitrogen and oxygen atoms in total. The third kappa shape index (κ3) is 4.14. The van der Waals surface area contributed by atoms with E-state index < -0.39 is 0 Å². The number of nitrogens with zero attached hydrogens (tertiary/aromatic N) is 1. The van der Waals surface area contributed by atoms with E-state index in [4.69, 9.17) is 21.1 Å². The number of rotatable bonds is 4. The van der Waals surface area contributed by atoms with Crippen molar-refractivity contribution in [2.75, 3.05) is 6.61 Å². The fourth-order valence-electron chi connectivity index (χ4n) is 2.47. The first-order chi connectivity index (χ1) is 9.20. The van der Waals surface area contributed by atoms with Crippen LogP contribution in [-0.2, 0) is 0 Å². The Bertz CT molecular complexity index is 504. The first kappa shape index (κ1) is 16.3. The summed E-state index contributed by atoms with van der Waals surface area (Å²) in [6, 6.07) is 7.17. The molecular weight excluding hydrogens is 274 g/mol. The molecule has 5 heteroatoms. The lowest BCUT2D eigenvalue weighted by atomic mass is 9.90. The lowest BCUT2D eigenvalue weighted by Crippen LogP contribution is -2.16. The molecule has 0 unspecified atom stereocenters. The Morgan fingerprint density at radius 3 is 2.65 bits per heavy atom. The van der Waals surface area contributed by atoms with Gasteiger partial charge in [-0.15, -0.1) is 12.4 Å². The molecule has 0 aromatic heterocycles. The number of halogens is 1. The highest BCUT2D eigenvalue weighted by Crippen LogP contribution is 2.26. The second-order valence-electron chi connectivity index (χ2n) is 5.05. The molecule has 3 N–H and O–H groups in total. The van der Waals surface area contributed by atoms with Crippen LogP contribution in [0.25, 0.3) is 0 Å². The Morgan fingerprint density at radius 1 is 1.35 bits per heavy atom. The summed E-state index contributed by atoms with van der Waals surface area (Å²) in [5.74, 6) is 1.17. The maximum atomic E-state index is 9.12. The van der Waals surface area contributed by atoms with Crippen molar-refractivity contribution in [3.63, 3.8) is 0 Å². The maximum Gasteiger partial charge on any atom is 0.137 e. The number of nitrogen functional groups attached to an aromatic ring is 1. The quantitative estimate of drug-likeness (QED) is 0.660. The van der Waals surface area contributed by atoms with Crippen molar-refractivity contribution in [3.8, 4) is 11.8 Å². The van der Waals surface area contributed by atoms with Crippen molar-refractivity contribution in [2.24, 2.45) is 11.7 Å². The zero-order valence-electron chi connectivity index (χ0n) is 11.4. The minimum absolute atomic E-state index is 0. The fourth-order valence-corrected chi connectivity index (χ4v) is 2.47. The molecule has 20 heavy (non-hydrogen) atoms. The van der Waals surface area contributed by atoms with Gasteiger partial charge < -0.3 is 10.5 Å². The average molecular weight is 294 g/mol. The van der Waals surface area contributed by atoms with Crippen molar-refractivity contribution < 1.29 is 4.74 Å². The van der Waals surface area contributed by atoms with Gasteiger partial charge in [-0.05, 0) is 37.0 Å². The zero-order valence-corrected chi connectivity index (χ0v) is 12.2. The SMILES string of the molecule is Cl.N#Cc1cc(C(=N)N)ccc1OCC1CCCCC1. The molecule has 1 fully saturated rings. The highest BCUT2D eigenvalue weighted by atomic mass is 35.5. The Labute approximate surface area is 125 Å². The molecule has 1 aliphatic rings. The summed E-state index contributed by atoms with van der Waals surface area (Å²) < 4.78 is 5.77. The highest BCUT2D eigenvalue weighted by molar-refractivity contribution is 5.95. The highest BCUT2D eigenvalue weighted by Gasteiger charge is 2.15. The molecule has 0 heterocycles. The van der Waals surface area contributed by atoms with E-state index in [1.807, 2.05) is 0 Å². The predicted molar refractivity (Wildman–Crippen MR) is 81.5 cm³/mol. The Morgan fingerprint density at radius 2 is 2.05 bits per heavy atom. The van der Waals surface area contributed by atoms with Crippen LogP contribution >= 0.6 is 12.4 Å². The number of ether oxygens (including phenoxy) is 1. The van der Waals surface area contributed by atoms with E-state index in [2.05, 4.69) is 6.07 Å². The van der Waals surface area contributed by atoms with Crippen LogP contribution in [0.3, 0.4) is 0 Å².